The smallest absolute Gasteiger partial charge is 0.224 e. The standard InChI is InChI=1S/C31H32ClN5O2S/c1-6-28(38)34-24-12-11-22(15-18(24)2)37-30(29(35-31(37)40)25-9-7-8-14-33-25)23-16-19(3)36(20(23)4)26-17-21(32)10-13-27(26)39-5/h7-17,29-30H,6H2,1-5H3,(H,34,38)(H,35,40). The number of nitrogens with zero attached hydrogens (tertiary/aromatic N) is 3. The maximum atomic E-state index is 12.0. The number of pyridine rings is 1. The molecule has 2 N–H and O–H groups in total. The van der Waals surface area contributed by atoms with E-state index < -0.39 is 0 Å². The summed E-state index contributed by atoms with van der Waals surface area (Å²) in [4.78, 5) is 18.9. The Labute approximate surface area is 245 Å². The number of hydrogen-bond acceptors (Lipinski definition) is 4. The molecule has 1 saturated heterocycles. The first kappa shape index (κ1) is 27.7. The molecule has 1 aliphatic rings. The van der Waals surface area contributed by atoms with Gasteiger partial charge in [0, 0.05) is 40.4 Å². The molecular weight excluding hydrogens is 542 g/mol. The van der Waals surface area contributed by atoms with E-state index in [2.05, 4.69) is 51.1 Å². The summed E-state index contributed by atoms with van der Waals surface area (Å²) in [6, 6.07) is 19.4. The molecule has 7 nitrogen and oxygen atoms in total. The molecule has 2 aromatic carbocycles. The average molecular weight is 574 g/mol. The number of ether oxygens (including phenoxy) is 1. The van der Waals surface area contributed by atoms with E-state index >= 15 is 0 Å². The molecule has 0 aliphatic carbocycles. The Bertz CT molecular complexity index is 1590. The lowest BCUT2D eigenvalue weighted by Crippen LogP contribution is -2.29. The second-order valence-electron chi connectivity index (χ2n) is 9.88. The first-order valence-corrected chi connectivity index (χ1v) is 14.0. The Balaban J connectivity index is 1.66. The summed E-state index contributed by atoms with van der Waals surface area (Å²) in [6.45, 7) is 8.01. The number of halogens is 1. The van der Waals surface area contributed by atoms with Crippen LogP contribution in [0.5, 0.6) is 5.75 Å². The molecule has 5 rings (SSSR count). The van der Waals surface area contributed by atoms with E-state index in [0.717, 1.165) is 51.0 Å². The third-order valence-electron chi connectivity index (χ3n) is 7.35. The van der Waals surface area contributed by atoms with Crippen LogP contribution in [0.1, 0.15) is 53.6 Å². The van der Waals surface area contributed by atoms with E-state index in [9.17, 15) is 4.79 Å². The van der Waals surface area contributed by atoms with Crippen LogP contribution in [0.2, 0.25) is 5.02 Å². The summed E-state index contributed by atoms with van der Waals surface area (Å²) in [7, 11) is 1.66. The molecule has 2 atom stereocenters. The van der Waals surface area contributed by atoms with Gasteiger partial charge in [0.05, 0.1) is 30.6 Å². The van der Waals surface area contributed by atoms with Gasteiger partial charge < -0.3 is 24.8 Å². The maximum Gasteiger partial charge on any atom is 0.224 e. The van der Waals surface area contributed by atoms with Crippen LogP contribution in [0, 0.1) is 20.8 Å². The molecule has 0 radical (unpaired) electrons. The van der Waals surface area contributed by atoms with E-state index in [1.165, 1.54) is 0 Å². The van der Waals surface area contributed by atoms with Crippen molar-refractivity contribution in [2.45, 2.75) is 46.2 Å². The highest BCUT2D eigenvalue weighted by Gasteiger charge is 2.42. The molecule has 4 aromatic rings. The third-order valence-corrected chi connectivity index (χ3v) is 7.90. The van der Waals surface area contributed by atoms with Crippen LogP contribution in [0.3, 0.4) is 0 Å². The van der Waals surface area contributed by atoms with E-state index in [0.29, 0.717) is 16.6 Å². The molecular formula is C31H32ClN5O2S. The van der Waals surface area contributed by atoms with E-state index in [1.54, 1.807) is 13.3 Å². The van der Waals surface area contributed by atoms with E-state index in [1.807, 2.05) is 62.4 Å². The Morgan fingerprint density at radius 1 is 1.12 bits per heavy atom. The summed E-state index contributed by atoms with van der Waals surface area (Å²) in [5, 5.41) is 7.76. The van der Waals surface area contributed by atoms with Crippen LogP contribution in [0.15, 0.2) is 66.9 Å². The molecule has 206 valence electrons. The predicted molar refractivity (Wildman–Crippen MR) is 165 cm³/mol. The lowest BCUT2D eigenvalue weighted by atomic mass is 9.96. The van der Waals surface area contributed by atoms with Gasteiger partial charge in [0.15, 0.2) is 5.11 Å². The lowest BCUT2D eigenvalue weighted by Gasteiger charge is -2.29. The van der Waals surface area contributed by atoms with Crippen molar-refractivity contribution < 1.29 is 9.53 Å². The topological polar surface area (TPSA) is 71.4 Å². The minimum atomic E-state index is -0.192. The highest BCUT2D eigenvalue weighted by Crippen LogP contribution is 2.45. The van der Waals surface area contributed by atoms with E-state index in [4.69, 9.17) is 28.6 Å². The van der Waals surface area contributed by atoms with Crippen molar-refractivity contribution in [2.75, 3.05) is 17.3 Å². The molecule has 9 heteroatoms. The maximum absolute atomic E-state index is 12.0. The molecule has 2 aromatic heterocycles. The second-order valence-corrected chi connectivity index (χ2v) is 10.7. The molecule has 1 amide bonds. The number of carbonyl (C=O) groups is 1. The number of rotatable bonds is 7. The van der Waals surface area contributed by atoms with E-state index in [-0.39, 0.29) is 18.0 Å². The Kier molecular flexibility index (Phi) is 7.83. The number of carbonyl (C=O) groups excluding carboxylic acids is 1. The molecule has 2 unspecified atom stereocenters. The van der Waals surface area contributed by atoms with Crippen molar-refractivity contribution >= 4 is 46.2 Å². The highest BCUT2D eigenvalue weighted by atomic mass is 35.5. The van der Waals surface area contributed by atoms with Gasteiger partial charge in [0.25, 0.3) is 0 Å². The average Bonchev–Trinajstić information content (AvgIpc) is 3.44. The van der Waals surface area contributed by atoms with Crippen LogP contribution >= 0.6 is 23.8 Å². The van der Waals surface area contributed by atoms with Crippen LogP contribution < -0.4 is 20.3 Å². The molecule has 3 heterocycles. The number of aromatic nitrogens is 2. The zero-order valence-corrected chi connectivity index (χ0v) is 24.7. The summed E-state index contributed by atoms with van der Waals surface area (Å²) in [5.74, 6) is 0.711. The van der Waals surface area contributed by atoms with Crippen molar-refractivity contribution in [1.29, 1.82) is 0 Å². The minimum absolute atomic E-state index is 0.0221. The number of anilines is 2. The number of benzene rings is 2. The summed E-state index contributed by atoms with van der Waals surface area (Å²) in [5.41, 5.74) is 7.63. The van der Waals surface area contributed by atoms with Gasteiger partial charge in [-0.3, -0.25) is 9.78 Å². The Hall–Kier alpha value is -3.88. The number of nitrogens with one attached hydrogen (secondary N) is 2. The van der Waals surface area contributed by atoms with Crippen molar-refractivity contribution in [3.63, 3.8) is 0 Å². The van der Waals surface area contributed by atoms with Crippen LogP contribution in [-0.2, 0) is 4.79 Å². The molecule has 1 aliphatic heterocycles. The Morgan fingerprint density at radius 2 is 1.93 bits per heavy atom. The van der Waals surface area contributed by atoms with Crippen LogP contribution in [0.4, 0.5) is 11.4 Å². The van der Waals surface area contributed by atoms with Gasteiger partial charge in [-0.15, -0.1) is 0 Å². The van der Waals surface area contributed by atoms with Gasteiger partial charge in [-0.05, 0) is 98.7 Å². The largest absolute Gasteiger partial charge is 0.495 e. The SMILES string of the molecule is CCC(=O)Nc1ccc(N2C(=S)NC(c3ccccn3)C2c2cc(C)n(-c3cc(Cl)ccc3OC)c2C)cc1C. The van der Waals surface area contributed by atoms with Gasteiger partial charge in [0.2, 0.25) is 5.91 Å². The zero-order chi connectivity index (χ0) is 28.6. The summed E-state index contributed by atoms with van der Waals surface area (Å²) < 4.78 is 7.86. The first-order chi connectivity index (χ1) is 19.2. The second kappa shape index (κ2) is 11.3. The minimum Gasteiger partial charge on any atom is -0.495 e. The zero-order valence-electron chi connectivity index (χ0n) is 23.2. The number of amides is 1. The third kappa shape index (κ3) is 5.05. The molecule has 40 heavy (non-hydrogen) atoms. The fourth-order valence-electron chi connectivity index (χ4n) is 5.42. The number of hydrogen-bond donors (Lipinski definition) is 2. The lowest BCUT2D eigenvalue weighted by molar-refractivity contribution is -0.115. The van der Waals surface area contributed by atoms with Gasteiger partial charge >= 0.3 is 0 Å². The van der Waals surface area contributed by atoms with Crippen molar-refractivity contribution in [3.05, 3.63) is 100 Å². The van der Waals surface area contributed by atoms with Crippen molar-refractivity contribution in [3.8, 4) is 11.4 Å². The van der Waals surface area contributed by atoms with Gasteiger partial charge in [-0.1, -0.05) is 24.6 Å². The van der Waals surface area contributed by atoms with Crippen LogP contribution in [0.25, 0.3) is 5.69 Å². The normalized spacial score (nSPS) is 16.6. The van der Waals surface area contributed by atoms with Crippen molar-refractivity contribution in [2.24, 2.45) is 0 Å². The first-order valence-electron chi connectivity index (χ1n) is 13.2. The number of methoxy groups -OCH3 is 1. The predicted octanol–water partition coefficient (Wildman–Crippen LogP) is 6.99. The summed E-state index contributed by atoms with van der Waals surface area (Å²) >= 11 is 12.4. The van der Waals surface area contributed by atoms with Gasteiger partial charge in [0.1, 0.15) is 5.75 Å². The molecule has 0 spiro atoms. The highest BCUT2D eigenvalue weighted by molar-refractivity contribution is 7.80. The quantitative estimate of drug-likeness (QED) is 0.232. The molecule has 0 saturated carbocycles. The van der Waals surface area contributed by atoms with Gasteiger partial charge in [-0.25, -0.2) is 0 Å². The van der Waals surface area contributed by atoms with Gasteiger partial charge in [-0.2, -0.15) is 0 Å². The summed E-state index contributed by atoms with van der Waals surface area (Å²) in [6.07, 6.45) is 2.22. The Morgan fingerprint density at radius 3 is 2.60 bits per heavy atom. The number of thiocarbonyl (C=S) groups is 1. The molecule has 1 fully saturated rings. The van der Waals surface area contributed by atoms with Crippen molar-refractivity contribution in [1.82, 2.24) is 14.9 Å². The fourth-order valence-corrected chi connectivity index (χ4v) is 5.93. The number of aryl methyl sites for hydroxylation is 2. The van der Waals surface area contributed by atoms with Crippen LogP contribution in [-0.4, -0.2) is 27.7 Å². The monoisotopic (exact) mass is 573 g/mol. The molecule has 0 bridgehead atoms. The fraction of sp³-hybridized carbons (Fsp3) is 0.258.